The number of allylic oxidation sites excluding steroid dienone is 3. The molecule has 0 spiro atoms. The van der Waals surface area contributed by atoms with Crippen molar-refractivity contribution in [3.8, 4) is 0 Å². The lowest BCUT2D eigenvalue weighted by Crippen LogP contribution is -2.45. The van der Waals surface area contributed by atoms with Crippen LogP contribution in [0.5, 0.6) is 0 Å². The van der Waals surface area contributed by atoms with Gasteiger partial charge in [0.05, 0.1) is 18.8 Å². The molecule has 4 nitrogen and oxygen atoms in total. The van der Waals surface area contributed by atoms with Crippen molar-refractivity contribution in [1.82, 2.24) is 5.32 Å². The third-order valence-electron chi connectivity index (χ3n) is 7.69. The molecule has 0 aromatic carbocycles. The van der Waals surface area contributed by atoms with Crippen molar-refractivity contribution in [2.75, 3.05) is 6.61 Å². The van der Waals surface area contributed by atoms with Gasteiger partial charge < -0.3 is 15.5 Å². The van der Waals surface area contributed by atoms with Crippen molar-refractivity contribution in [1.29, 1.82) is 0 Å². The van der Waals surface area contributed by atoms with E-state index in [-0.39, 0.29) is 12.5 Å². The highest BCUT2D eigenvalue weighted by Gasteiger charge is 2.17. The molecule has 0 aliphatic rings. The van der Waals surface area contributed by atoms with Crippen LogP contribution in [0, 0.1) is 0 Å². The Bertz CT molecular complexity index is 560. The van der Waals surface area contributed by atoms with Crippen molar-refractivity contribution >= 4 is 5.91 Å². The first-order chi connectivity index (χ1) is 19.2. The quantitative estimate of drug-likeness (QED) is 0.0617. The molecule has 4 heteroatoms. The Labute approximate surface area is 243 Å². The van der Waals surface area contributed by atoms with E-state index < -0.39 is 12.1 Å². The molecule has 1 amide bonds. The molecule has 0 bridgehead atoms. The van der Waals surface area contributed by atoms with Crippen LogP contribution in [-0.2, 0) is 4.79 Å². The van der Waals surface area contributed by atoms with E-state index in [0.29, 0.717) is 6.42 Å². The Balaban J connectivity index is 3.58. The lowest BCUT2D eigenvalue weighted by molar-refractivity contribution is -0.123. The van der Waals surface area contributed by atoms with Crippen LogP contribution < -0.4 is 5.32 Å². The Kier molecular flexibility index (Phi) is 30.5. The van der Waals surface area contributed by atoms with E-state index in [9.17, 15) is 15.0 Å². The number of carbonyl (C=O) groups excluding carboxylic acids is 1. The van der Waals surface area contributed by atoms with Crippen molar-refractivity contribution < 1.29 is 15.0 Å². The summed E-state index contributed by atoms with van der Waals surface area (Å²) in [7, 11) is 0. The van der Waals surface area contributed by atoms with Crippen LogP contribution in [0.25, 0.3) is 0 Å². The zero-order valence-corrected chi connectivity index (χ0v) is 26.2. The summed E-state index contributed by atoms with van der Waals surface area (Å²) < 4.78 is 0. The van der Waals surface area contributed by atoms with E-state index in [4.69, 9.17) is 0 Å². The highest BCUT2D eigenvalue weighted by atomic mass is 16.3. The lowest BCUT2D eigenvalue weighted by atomic mass is 10.0. The van der Waals surface area contributed by atoms with Gasteiger partial charge in [0.25, 0.3) is 0 Å². The average molecular weight is 550 g/mol. The number of aliphatic hydroxyl groups excluding tert-OH is 2. The third kappa shape index (κ3) is 28.2. The summed E-state index contributed by atoms with van der Waals surface area (Å²) in [5, 5.41) is 22.7. The zero-order valence-electron chi connectivity index (χ0n) is 26.2. The highest BCUT2D eigenvalue weighted by Crippen LogP contribution is 2.14. The standard InChI is InChI=1S/C35H67NO3/c1-3-5-7-9-11-13-14-15-16-17-18-19-20-21-23-25-27-29-31-35(39)36-33(32-37)34(38)30-28-26-24-22-12-10-8-6-4-2/h12,22,28,30,33-34,37-38H,3-11,13-21,23-27,29,31-32H2,1-2H3,(H,36,39)/b22-12+,30-28+. The van der Waals surface area contributed by atoms with E-state index in [0.717, 1.165) is 32.1 Å². The number of hydrogen-bond acceptors (Lipinski definition) is 3. The topological polar surface area (TPSA) is 69.6 Å². The second-order valence-corrected chi connectivity index (χ2v) is 11.6. The van der Waals surface area contributed by atoms with E-state index in [1.807, 2.05) is 6.08 Å². The fraction of sp³-hybridized carbons (Fsp3) is 0.857. The number of nitrogens with one attached hydrogen (secondary N) is 1. The van der Waals surface area contributed by atoms with Crippen LogP contribution >= 0.6 is 0 Å². The Morgan fingerprint density at radius 1 is 0.590 bits per heavy atom. The van der Waals surface area contributed by atoms with Crippen LogP contribution in [0.15, 0.2) is 24.3 Å². The van der Waals surface area contributed by atoms with Crippen molar-refractivity contribution in [2.45, 2.75) is 187 Å². The van der Waals surface area contributed by atoms with Crippen molar-refractivity contribution in [3.05, 3.63) is 24.3 Å². The summed E-state index contributed by atoms with van der Waals surface area (Å²) in [6, 6.07) is -0.631. The lowest BCUT2D eigenvalue weighted by Gasteiger charge is -2.19. The molecule has 0 aliphatic heterocycles. The van der Waals surface area contributed by atoms with Crippen LogP contribution in [-0.4, -0.2) is 34.9 Å². The summed E-state index contributed by atoms with van der Waals surface area (Å²) in [5.74, 6) is -0.0759. The molecular weight excluding hydrogens is 482 g/mol. The fourth-order valence-electron chi connectivity index (χ4n) is 5.02. The second kappa shape index (κ2) is 31.4. The number of amides is 1. The fourth-order valence-corrected chi connectivity index (χ4v) is 5.02. The number of unbranched alkanes of at least 4 members (excludes halogenated alkanes) is 21. The molecule has 230 valence electrons. The SMILES string of the molecule is CCCCC/C=C/CC/C=C/C(O)C(CO)NC(=O)CCCCCCCCCCCCCCCCCCCC. The maximum Gasteiger partial charge on any atom is 0.220 e. The predicted molar refractivity (Wildman–Crippen MR) is 170 cm³/mol. The van der Waals surface area contributed by atoms with Gasteiger partial charge in [-0.15, -0.1) is 0 Å². The van der Waals surface area contributed by atoms with E-state index in [1.54, 1.807) is 6.08 Å². The minimum atomic E-state index is -0.854. The molecule has 0 rings (SSSR count). The summed E-state index contributed by atoms with van der Waals surface area (Å²) in [6.45, 7) is 4.24. The minimum Gasteiger partial charge on any atom is -0.394 e. The van der Waals surface area contributed by atoms with Gasteiger partial charge in [-0.1, -0.05) is 160 Å². The molecular formula is C35H67NO3. The van der Waals surface area contributed by atoms with E-state index in [2.05, 4.69) is 31.3 Å². The maximum atomic E-state index is 12.2. The van der Waals surface area contributed by atoms with Gasteiger partial charge in [-0.05, 0) is 32.1 Å². The molecule has 2 unspecified atom stereocenters. The monoisotopic (exact) mass is 550 g/mol. The van der Waals surface area contributed by atoms with Crippen LogP contribution in [0.4, 0.5) is 0 Å². The summed E-state index contributed by atoms with van der Waals surface area (Å²) in [4.78, 5) is 12.2. The summed E-state index contributed by atoms with van der Waals surface area (Å²) >= 11 is 0. The Morgan fingerprint density at radius 2 is 1.00 bits per heavy atom. The number of aliphatic hydroxyl groups is 2. The third-order valence-corrected chi connectivity index (χ3v) is 7.69. The first kappa shape index (κ1) is 37.9. The summed E-state index contributed by atoms with van der Waals surface area (Å²) in [5.41, 5.74) is 0. The predicted octanol–water partition coefficient (Wildman–Crippen LogP) is 9.73. The highest BCUT2D eigenvalue weighted by molar-refractivity contribution is 5.76. The van der Waals surface area contributed by atoms with Gasteiger partial charge in [0.1, 0.15) is 0 Å². The van der Waals surface area contributed by atoms with E-state index >= 15 is 0 Å². The molecule has 2 atom stereocenters. The molecule has 0 radical (unpaired) electrons. The number of hydrogen-bond donors (Lipinski definition) is 3. The van der Waals surface area contributed by atoms with Gasteiger partial charge in [-0.25, -0.2) is 0 Å². The zero-order chi connectivity index (χ0) is 28.7. The molecule has 0 saturated carbocycles. The Hall–Kier alpha value is -1.13. The average Bonchev–Trinajstić information content (AvgIpc) is 2.94. The molecule has 0 fully saturated rings. The van der Waals surface area contributed by atoms with Gasteiger partial charge in [0.2, 0.25) is 5.91 Å². The number of rotatable bonds is 30. The van der Waals surface area contributed by atoms with Gasteiger partial charge >= 0.3 is 0 Å². The van der Waals surface area contributed by atoms with Crippen LogP contribution in [0.1, 0.15) is 174 Å². The second-order valence-electron chi connectivity index (χ2n) is 11.6. The minimum absolute atomic E-state index is 0.0759. The molecule has 0 aromatic heterocycles. The molecule has 39 heavy (non-hydrogen) atoms. The molecule has 3 N–H and O–H groups in total. The normalized spacial score (nSPS) is 13.4. The largest absolute Gasteiger partial charge is 0.394 e. The molecule has 0 heterocycles. The first-order valence-corrected chi connectivity index (χ1v) is 17.1. The summed E-state index contributed by atoms with van der Waals surface area (Å²) in [6.07, 6.45) is 38.4. The maximum absolute atomic E-state index is 12.2. The number of carbonyl (C=O) groups is 1. The van der Waals surface area contributed by atoms with E-state index in [1.165, 1.54) is 122 Å². The van der Waals surface area contributed by atoms with Gasteiger partial charge in [-0.2, -0.15) is 0 Å². The smallest absolute Gasteiger partial charge is 0.220 e. The molecule has 0 aromatic rings. The van der Waals surface area contributed by atoms with Gasteiger partial charge in [-0.3, -0.25) is 4.79 Å². The molecule has 0 aliphatic carbocycles. The van der Waals surface area contributed by atoms with Crippen LogP contribution in [0.3, 0.4) is 0 Å². The van der Waals surface area contributed by atoms with Crippen molar-refractivity contribution in [2.24, 2.45) is 0 Å². The Morgan fingerprint density at radius 3 is 1.49 bits per heavy atom. The van der Waals surface area contributed by atoms with Crippen molar-refractivity contribution in [3.63, 3.8) is 0 Å². The van der Waals surface area contributed by atoms with Gasteiger partial charge in [0, 0.05) is 6.42 Å². The first-order valence-electron chi connectivity index (χ1n) is 17.1. The van der Waals surface area contributed by atoms with Crippen LogP contribution in [0.2, 0.25) is 0 Å². The van der Waals surface area contributed by atoms with Gasteiger partial charge in [0.15, 0.2) is 0 Å². The molecule has 0 saturated heterocycles.